The minimum absolute atomic E-state index is 0.106. The molecule has 0 aliphatic carbocycles. The third-order valence-corrected chi connectivity index (χ3v) is 7.85. The van der Waals surface area contributed by atoms with E-state index in [4.69, 9.17) is 4.99 Å². The van der Waals surface area contributed by atoms with E-state index in [0.29, 0.717) is 5.92 Å². The summed E-state index contributed by atoms with van der Waals surface area (Å²) in [4.78, 5) is 22.2. The Hall–Kier alpha value is -3.38. The molecule has 6 heteroatoms. The minimum Gasteiger partial charge on any atom is -0.360 e. The highest BCUT2D eigenvalue weighted by Gasteiger charge is 2.20. The zero-order chi connectivity index (χ0) is 29.1. The monoisotopic (exact) mass is 543 g/mol. The van der Waals surface area contributed by atoms with Crippen molar-refractivity contribution in [2.75, 3.05) is 39.0 Å². The predicted octanol–water partition coefficient (Wildman–Crippen LogP) is 6.74. The Morgan fingerprint density at radius 1 is 1.12 bits per heavy atom. The lowest BCUT2D eigenvalue weighted by molar-refractivity contribution is 0.0783. The molecule has 40 heavy (non-hydrogen) atoms. The van der Waals surface area contributed by atoms with E-state index in [1.165, 1.54) is 24.0 Å². The third kappa shape index (κ3) is 8.82. The van der Waals surface area contributed by atoms with Crippen LogP contribution in [0.1, 0.15) is 74.0 Å². The number of nitrogens with zero attached hydrogens (tertiary/aromatic N) is 3. The van der Waals surface area contributed by atoms with Crippen molar-refractivity contribution >= 4 is 22.9 Å². The molecule has 6 nitrogen and oxygen atoms in total. The van der Waals surface area contributed by atoms with E-state index in [2.05, 4.69) is 66.6 Å². The molecule has 1 saturated heterocycles. The fourth-order valence-electron chi connectivity index (χ4n) is 5.18. The van der Waals surface area contributed by atoms with E-state index in [0.717, 1.165) is 60.6 Å². The van der Waals surface area contributed by atoms with Gasteiger partial charge < -0.3 is 20.4 Å². The number of allylic oxidation sites excluding steroid dienone is 2. The van der Waals surface area contributed by atoms with E-state index >= 15 is 0 Å². The summed E-state index contributed by atoms with van der Waals surface area (Å²) in [7, 11) is 3.98. The van der Waals surface area contributed by atoms with Crippen molar-refractivity contribution in [3.63, 3.8) is 0 Å². The fourth-order valence-corrected chi connectivity index (χ4v) is 5.18. The number of hydrogen-bond acceptors (Lipinski definition) is 5. The third-order valence-electron chi connectivity index (χ3n) is 7.85. The highest BCUT2D eigenvalue weighted by atomic mass is 16.2. The van der Waals surface area contributed by atoms with Crippen molar-refractivity contribution in [3.8, 4) is 0 Å². The van der Waals surface area contributed by atoms with E-state index in [-0.39, 0.29) is 12.1 Å². The first-order valence-electron chi connectivity index (χ1n) is 14.7. The number of carbonyl (C=O) groups excluding carboxylic acids is 1. The van der Waals surface area contributed by atoms with Gasteiger partial charge in [0, 0.05) is 38.1 Å². The molecule has 3 rings (SSSR count). The molecule has 1 atom stereocenters. The zero-order valence-corrected chi connectivity index (χ0v) is 25.6. The number of nitrogens with one attached hydrogen (secondary N) is 2. The Morgan fingerprint density at radius 3 is 2.48 bits per heavy atom. The smallest absolute Gasteiger partial charge is 0.253 e. The number of aryl methyl sites for hydroxylation is 2. The van der Waals surface area contributed by atoms with Gasteiger partial charge in [-0.05, 0) is 113 Å². The summed E-state index contributed by atoms with van der Waals surface area (Å²) in [6.07, 6.45) is 10.1. The summed E-state index contributed by atoms with van der Waals surface area (Å²) in [5.74, 6) is 0.814. The van der Waals surface area contributed by atoms with Crippen LogP contribution in [0, 0.1) is 12.8 Å². The number of carbonyl (C=O) groups is 1. The van der Waals surface area contributed by atoms with Gasteiger partial charge in [0.2, 0.25) is 0 Å². The van der Waals surface area contributed by atoms with Crippen LogP contribution in [0.3, 0.4) is 0 Å². The SMILES string of the molecule is C/C=C\N(C)C(Nc1ccc(C(=O)N(C)CCC2CCNCC2)c(CC)c1)/C(C)=N/C=C(\C)c1ccc(C)cc1. The highest BCUT2D eigenvalue weighted by Crippen LogP contribution is 2.22. The van der Waals surface area contributed by atoms with Gasteiger partial charge in [0.05, 0.1) is 5.71 Å². The van der Waals surface area contributed by atoms with Gasteiger partial charge >= 0.3 is 0 Å². The normalized spacial score (nSPS) is 15.8. The van der Waals surface area contributed by atoms with Crippen LogP contribution < -0.4 is 10.6 Å². The van der Waals surface area contributed by atoms with Gasteiger partial charge in [-0.3, -0.25) is 9.79 Å². The molecular formula is C34H49N5O. The topological polar surface area (TPSA) is 60.0 Å². The molecule has 0 saturated carbocycles. The van der Waals surface area contributed by atoms with Gasteiger partial charge in [0.25, 0.3) is 5.91 Å². The van der Waals surface area contributed by atoms with E-state index in [9.17, 15) is 4.79 Å². The second kappa shape index (κ2) is 15.4. The maximum atomic E-state index is 13.4. The van der Waals surface area contributed by atoms with E-state index in [1.807, 2.05) is 63.5 Å². The van der Waals surface area contributed by atoms with Gasteiger partial charge in [0.1, 0.15) is 6.17 Å². The van der Waals surface area contributed by atoms with Crippen LogP contribution in [-0.2, 0) is 6.42 Å². The largest absolute Gasteiger partial charge is 0.360 e. The highest BCUT2D eigenvalue weighted by molar-refractivity contribution is 5.96. The number of benzene rings is 2. The number of anilines is 1. The summed E-state index contributed by atoms with van der Waals surface area (Å²) >= 11 is 0. The maximum Gasteiger partial charge on any atom is 0.253 e. The second-order valence-electron chi connectivity index (χ2n) is 11.1. The first kappa shape index (κ1) is 31.2. The average Bonchev–Trinajstić information content (AvgIpc) is 2.97. The Bertz CT molecular complexity index is 1190. The molecule has 1 aliphatic heterocycles. The molecule has 1 unspecified atom stereocenters. The van der Waals surface area contributed by atoms with Gasteiger partial charge in [-0.25, -0.2) is 0 Å². The van der Waals surface area contributed by atoms with Crippen molar-refractivity contribution in [2.45, 2.75) is 66.5 Å². The molecule has 216 valence electrons. The van der Waals surface area contributed by atoms with Crippen molar-refractivity contribution < 1.29 is 4.79 Å². The summed E-state index contributed by atoms with van der Waals surface area (Å²) in [6.45, 7) is 13.3. The van der Waals surface area contributed by atoms with Gasteiger partial charge in [-0.2, -0.15) is 0 Å². The molecule has 2 N–H and O–H groups in total. The zero-order valence-electron chi connectivity index (χ0n) is 25.6. The Morgan fingerprint density at radius 2 is 1.82 bits per heavy atom. The van der Waals surface area contributed by atoms with Crippen molar-refractivity contribution in [1.29, 1.82) is 0 Å². The Kier molecular flexibility index (Phi) is 12.0. The quantitative estimate of drug-likeness (QED) is 0.230. The Balaban J connectivity index is 1.76. The average molecular weight is 544 g/mol. The molecule has 1 aliphatic rings. The lowest BCUT2D eigenvalue weighted by atomic mass is 9.94. The van der Waals surface area contributed by atoms with Crippen LogP contribution in [0.5, 0.6) is 0 Å². The van der Waals surface area contributed by atoms with Gasteiger partial charge in [-0.1, -0.05) is 42.8 Å². The van der Waals surface area contributed by atoms with Crippen molar-refractivity contribution in [2.24, 2.45) is 10.9 Å². The molecule has 0 aromatic heterocycles. The number of piperidine rings is 1. The predicted molar refractivity (Wildman–Crippen MR) is 171 cm³/mol. The molecule has 0 spiro atoms. The first-order chi connectivity index (χ1) is 19.2. The fraction of sp³-hybridized carbons (Fsp3) is 0.471. The maximum absolute atomic E-state index is 13.4. The second-order valence-corrected chi connectivity index (χ2v) is 11.1. The van der Waals surface area contributed by atoms with Crippen LogP contribution in [0.15, 0.2) is 65.9 Å². The number of hydrogen-bond donors (Lipinski definition) is 2. The molecule has 2 aromatic rings. The Labute approximate surface area is 242 Å². The number of aliphatic imine (C=N–C) groups is 1. The minimum atomic E-state index is -0.141. The standard InChI is InChI=1S/C34H49N5O/c1-8-21-38(6)33(27(5)36-24-26(4)30-12-10-25(3)11-13-30)37-31-14-15-32(29(9-2)23-31)34(40)39(7)22-18-28-16-19-35-20-17-28/h8,10-15,21,23-24,28,33,35,37H,9,16-20,22H2,1-7H3/b21-8-,26-24+,36-27+. The van der Waals surface area contributed by atoms with E-state index < -0.39 is 0 Å². The van der Waals surface area contributed by atoms with Crippen LogP contribution in [0.2, 0.25) is 0 Å². The van der Waals surface area contributed by atoms with Crippen LogP contribution in [-0.4, -0.2) is 61.3 Å². The van der Waals surface area contributed by atoms with Gasteiger partial charge in [-0.15, -0.1) is 0 Å². The molecule has 1 amide bonds. The molecular weight excluding hydrogens is 494 g/mol. The first-order valence-corrected chi connectivity index (χ1v) is 14.7. The van der Waals surface area contributed by atoms with Crippen LogP contribution in [0.25, 0.3) is 5.57 Å². The summed E-state index contributed by atoms with van der Waals surface area (Å²) in [5.41, 5.74) is 7.30. The number of rotatable bonds is 12. The molecule has 0 bridgehead atoms. The number of amides is 1. The van der Waals surface area contributed by atoms with Crippen molar-refractivity contribution in [1.82, 2.24) is 15.1 Å². The van der Waals surface area contributed by atoms with Gasteiger partial charge in [0.15, 0.2) is 0 Å². The lowest BCUT2D eigenvalue weighted by Gasteiger charge is -2.29. The lowest BCUT2D eigenvalue weighted by Crippen LogP contribution is -2.40. The molecule has 0 radical (unpaired) electrons. The van der Waals surface area contributed by atoms with E-state index in [1.54, 1.807) is 0 Å². The summed E-state index contributed by atoms with van der Waals surface area (Å²) in [5, 5.41) is 7.08. The van der Waals surface area contributed by atoms with Crippen LogP contribution >= 0.6 is 0 Å². The molecule has 2 aromatic carbocycles. The van der Waals surface area contributed by atoms with Crippen molar-refractivity contribution in [3.05, 3.63) is 83.2 Å². The molecule has 1 heterocycles. The molecule has 1 fully saturated rings. The summed E-state index contributed by atoms with van der Waals surface area (Å²) in [6, 6.07) is 14.6. The summed E-state index contributed by atoms with van der Waals surface area (Å²) < 4.78 is 0. The van der Waals surface area contributed by atoms with Crippen LogP contribution in [0.4, 0.5) is 5.69 Å².